The summed E-state index contributed by atoms with van der Waals surface area (Å²) < 4.78 is 52.3. The monoisotopic (exact) mass is 1120 g/mol. The van der Waals surface area contributed by atoms with E-state index in [0.717, 1.165) is 12.8 Å². The van der Waals surface area contributed by atoms with Crippen LogP contribution in [0.4, 0.5) is 5.69 Å². The number of halogens is 1. The summed E-state index contributed by atoms with van der Waals surface area (Å²) in [6.07, 6.45) is -6.32. The number of rotatable bonds is 17. The van der Waals surface area contributed by atoms with Crippen LogP contribution in [0.3, 0.4) is 0 Å². The Morgan fingerprint density at radius 3 is 2.26 bits per heavy atom. The van der Waals surface area contributed by atoms with Crippen molar-refractivity contribution >= 4 is 46.1 Å². The summed E-state index contributed by atoms with van der Waals surface area (Å²) in [4.78, 5) is 56.9. The Bertz CT molecular complexity index is 2440. The quantitative estimate of drug-likeness (QED) is 0.0902. The van der Waals surface area contributed by atoms with E-state index in [2.05, 4.69) is 5.32 Å². The summed E-state index contributed by atoms with van der Waals surface area (Å²) >= 11 is 6.62. The van der Waals surface area contributed by atoms with Crippen molar-refractivity contribution in [2.24, 2.45) is 17.8 Å². The molecule has 4 aliphatic rings. The molecular weight excluding hydrogens is 1040 g/mol. The van der Waals surface area contributed by atoms with E-state index >= 15 is 0 Å². The summed E-state index contributed by atoms with van der Waals surface area (Å²) in [5, 5.41) is 61.5. The molecule has 1 aromatic heterocycles. The number of benzene rings is 1. The average molecular weight is 1130 g/mol. The third-order valence-electron chi connectivity index (χ3n) is 16.7. The number of cyclic esters (lactones) is 1. The lowest BCUT2D eigenvalue weighted by atomic mass is 9.77. The van der Waals surface area contributed by atoms with Crippen LogP contribution in [0, 0.1) is 17.8 Å². The highest BCUT2D eigenvalue weighted by atomic mass is 35.5. The minimum atomic E-state index is -1.87. The Morgan fingerprint density at radius 2 is 1.64 bits per heavy atom. The van der Waals surface area contributed by atoms with Gasteiger partial charge in [0.25, 0.3) is 0 Å². The van der Waals surface area contributed by atoms with Gasteiger partial charge in [-0.05, 0) is 120 Å². The number of fused-ring (bicyclic) bond motifs is 1. The largest absolute Gasteiger partial charge is 0.477 e. The topological polar surface area (TPSA) is 267 Å². The van der Waals surface area contributed by atoms with E-state index < -0.39 is 113 Å². The van der Waals surface area contributed by atoms with Gasteiger partial charge in [-0.3, -0.25) is 14.4 Å². The van der Waals surface area contributed by atoms with Crippen LogP contribution in [0.2, 0.25) is 5.02 Å². The van der Waals surface area contributed by atoms with Crippen molar-refractivity contribution in [3.63, 3.8) is 0 Å². The average Bonchev–Trinajstić information content (AvgIpc) is 4.28. The van der Waals surface area contributed by atoms with Gasteiger partial charge in [0.15, 0.2) is 18.7 Å². The van der Waals surface area contributed by atoms with Crippen molar-refractivity contribution in [2.75, 3.05) is 59.9 Å². The van der Waals surface area contributed by atoms with Gasteiger partial charge in [-0.25, -0.2) is 4.79 Å². The molecule has 21 nitrogen and oxygen atoms in total. The molecule has 0 amide bonds. The number of carboxylic acid groups (broad SMARTS) is 1. The second kappa shape index (κ2) is 26.1. The van der Waals surface area contributed by atoms with Crippen LogP contribution < -0.4 is 10.7 Å². The molecule has 0 bridgehead atoms. The number of ether oxygens (including phenoxy) is 8. The van der Waals surface area contributed by atoms with Gasteiger partial charge in [0.2, 0.25) is 5.43 Å². The predicted octanol–water partition coefficient (Wildman–Crippen LogP) is 4.97. The highest BCUT2D eigenvalue weighted by molar-refractivity contribution is 6.34. The molecule has 1 aliphatic carbocycles. The maximum absolute atomic E-state index is 14.6. The number of nitrogens with zero attached hydrogens (tertiary/aromatic N) is 3. The van der Waals surface area contributed by atoms with Crippen molar-refractivity contribution in [3.8, 4) is 0 Å². The zero-order chi connectivity index (χ0) is 57.9. The van der Waals surface area contributed by atoms with E-state index in [9.17, 15) is 44.7 Å². The lowest BCUT2D eigenvalue weighted by Gasteiger charge is -2.49. The summed E-state index contributed by atoms with van der Waals surface area (Å²) in [5.41, 5.74) is -4.64. The minimum Gasteiger partial charge on any atom is -0.477 e. The van der Waals surface area contributed by atoms with Crippen LogP contribution in [-0.4, -0.2) is 203 Å². The third-order valence-corrected chi connectivity index (χ3v) is 17.0. The van der Waals surface area contributed by atoms with Gasteiger partial charge in [-0.2, -0.15) is 0 Å². The van der Waals surface area contributed by atoms with Crippen LogP contribution in [0.15, 0.2) is 23.1 Å². The lowest BCUT2D eigenvalue weighted by molar-refractivity contribution is -0.318. The molecule has 1 aromatic carbocycles. The van der Waals surface area contributed by atoms with E-state index in [4.69, 9.17) is 49.5 Å². The van der Waals surface area contributed by atoms with Crippen LogP contribution >= 0.6 is 11.6 Å². The van der Waals surface area contributed by atoms with Crippen LogP contribution in [0.25, 0.3) is 10.9 Å². The molecule has 6 N–H and O–H groups in total. The van der Waals surface area contributed by atoms with Gasteiger partial charge < -0.3 is 83.1 Å². The number of carbonyl (C=O) groups excluding carboxylic acids is 2. The number of pyridine rings is 1. The van der Waals surface area contributed by atoms with E-state index in [1.54, 1.807) is 65.2 Å². The van der Waals surface area contributed by atoms with Crippen molar-refractivity contribution in [1.29, 1.82) is 0 Å². The maximum atomic E-state index is 14.6. The Kier molecular flexibility index (Phi) is 21.3. The fraction of sp³-hybridized carbons (Fsp3) is 0.786. The molecule has 4 fully saturated rings. The number of carboxylic acids is 1. The molecule has 1 saturated carbocycles. The molecule has 442 valence electrons. The number of anilines is 1. The van der Waals surface area contributed by atoms with Gasteiger partial charge in [0.1, 0.15) is 35.1 Å². The van der Waals surface area contributed by atoms with E-state index in [0.29, 0.717) is 29.2 Å². The van der Waals surface area contributed by atoms with Crippen LogP contribution in [0.1, 0.15) is 131 Å². The molecule has 4 heterocycles. The number of aromatic carboxylic acids is 1. The van der Waals surface area contributed by atoms with Gasteiger partial charge in [-0.1, -0.05) is 32.4 Å². The number of carbonyl (C=O) groups is 3. The number of methoxy groups -OCH3 is 1. The Morgan fingerprint density at radius 1 is 0.962 bits per heavy atom. The predicted molar refractivity (Wildman–Crippen MR) is 290 cm³/mol. The SMILES string of the molecule is CC[C@H]1OC(=O)[C@H](C)[C@@H](O[C@H]2C[C@@](C)(OC)[C@@H](OC(=O)CCOCCNc3cc4c(=O)c(C(=O)O)cn(C5CC5)c4cc3Cl)[C@H](C)O2)[C@H](C)[C@@H](O[C@@H]2O[C@H](C)C[C@H](N(C)C)[C@H]2O)[C@](C)(O)C[C@@H](C)CN(C)[C@H](C)[C@@H](O)[C@]1(C)O. The summed E-state index contributed by atoms with van der Waals surface area (Å²) in [5.74, 6) is -4.82. The first-order valence-corrected chi connectivity index (χ1v) is 28.0. The lowest BCUT2D eigenvalue weighted by Crippen LogP contribution is -2.61. The number of aromatic nitrogens is 1. The fourth-order valence-corrected chi connectivity index (χ4v) is 12.2. The number of nitrogens with one attached hydrogen (secondary N) is 1. The smallest absolute Gasteiger partial charge is 0.341 e. The van der Waals surface area contributed by atoms with Crippen LogP contribution in [-0.2, 0) is 47.5 Å². The zero-order valence-electron chi connectivity index (χ0n) is 48.1. The molecule has 6 rings (SSSR count). The normalized spacial score (nSPS) is 37.8. The number of hydrogen-bond donors (Lipinski definition) is 6. The molecule has 78 heavy (non-hydrogen) atoms. The standard InChI is InChI=1S/C56H89ClN4O17/c1-15-42-56(10,70)48(65)33(6)60(13)27-29(2)25-54(8,69)49(78-53-46(64)41(59(11)12)22-30(3)73-53)31(4)47(32(5)52(68)75-42)77-44-26-55(9,71-14)50(34(7)74-44)76-43(62)18-20-72-21-19-58-39-23-36-40(24-38(39)57)61(35-16-17-35)28-37(45(36)63)51(66)67/h23-24,28-35,41-42,44,46-50,53,58,64-65,69-70H,15-22,25-27H2,1-14H3,(H,66,67)/t29-,30-,31+,32-,33-,34+,41+,42-,44+,46-,47+,48-,49-,50+,53+,54-,55-,56-/m1/s1. The van der Waals surface area contributed by atoms with E-state index in [-0.39, 0.29) is 80.5 Å². The third kappa shape index (κ3) is 14.5. The molecule has 22 heteroatoms. The highest BCUT2D eigenvalue weighted by Crippen LogP contribution is 2.42. The summed E-state index contributed by atoms with van der Waals surface area (Å²) in [7, 11) is 7.04. The molecule has 3 aliphatic heterocycles. The van der Waals surface area contributed by atoms with Gasteiger partial charge in [0.05, 0.1) is 71.8 Å². The number of aliphatic hydroxyl groups excluding tert-OH is 2. The second-order valence-corrected chi connectivity index (χ2v) is 24.0. The first-order valence-electron chi connectivity index (χ1n) is 27.6. The van der Waals surface area contributed by atoms with Crippen molar-refractivity contribution in [3.05, 3.63) is 39.1 Å². The van der Waals surface area contributed by atoms with Gasteiger partial charge >= 0.3 is 17.9 Å². The molecule has 18 atom stereocenters. The molecule has 0 spiro atoms. The summed E-state index contributed by atoms with van der Waals surface area (Å²) in [6, 6.07) is 2.38. The van der Waals surface area contributed by atoms with E-state index in [1.807, 2.05) is 44.8 Å². The molecule has 0 radical (unpaired) electrons. The van der Waals surface area contributed by atoms with Gasteiger partial charge in [0, 0.05) is 62.2 Å². The summed E-state index contributed by atoms with van der Waals surface area (Å²) in [6.45, 7) is 18.2. The molecule has 2 aromatic rings. The maximum Gasteiger partial charge on any atom is 0.341 e. The van der Waals surface area contributed by atoms with Crippen molar-refractivity contribution in [1.82, 2.24) is 14.4 Å². The number of hydrogen-bond acceptors (Lipinski definition) is 19. The molecule has 3 saturated heterocycles. The second-order valence-electron chi connectivity index (χ2n) is 23.6. The van der Waals surface area contributed by atoms with Gasteiger partial charge in [-0.15, -0.1) is 0 Å². The zero-order valence-corrected chi connectivity index (χ0v) is 48.9. The Hall–Kier alpha value is -3.55. The number of likely N-dealkylation sites (N-methyl/N-ethyl adjacent to an activating group) is 2. The first-order chi connectivity index (χ1) is 36.5. The number of aliphatic hydroxyl groups is 4. The Balaban J connectivity index is 1.18. The fourth-order valence-electron chi connectivity index (χ4n) is 12.0. The van der Waals surface area contributed by atoms with Crippen molar-refractivity contribution < 1.29 is 77.8 Å². The molecular formula is C56H89ClN4O17. The van der Waals surface area contributed by atoms with E-state index in [1.165, 1.54) is 20.2 Å². The first kappa shape index (κ1) is 63.6. The highest BCUT2D eigenvalue weighted by Gasteiger charge is 2.54. The minimum absolute atomic E-state index is 0.00256. The Labute approximate surface area is 464 Å². The van der Waals surface area contributed by atoms with Crippen molar-refractivity contribution in [2.45, 2.75) is 211 Å². The number of esters is 2. The van der Waals surface area contributed by atoms with Crippen LogP contribution in [0.5, 0.6) is 0 Å². The molecule has 0 unspecified atom stereocenters.